The van der Waals surface area contributed by atoms with Crippen LogP contribution in [-0.2, 0) is 9.53 Å². The molecule has 0 saturated carbocycles. The molecule has 0 saturated heterocycles. The van der Waals surface area contributed by atoms with Gasteiger partial charge in [0, 0.05) is 5.56 Å². The first-order valence-corrected chi connectivity index (χ1v) is 8.98. The Kier molecular flexibility index (Phi) is 5.84. The van der Waals surface area contributed by atoms with Crippen LogP contribution in [0, 0.1) is 5.92 Å². The highest BCUT2D eigenvalue weighted by Gasteiger charge is 2.27. The number of nitrogens with one attached hydrogen (secondary N) is 1. The number of carbonyl (C=O) groups excluding carboxylic acids is 2. The van der Waals surface area contributed by atoms with Crippen molar-refractivity contribution in [3.63, 3.8) is 0 Å². The summed E-state index contributed by atoms with van der Waals surface area (Å²) in [7, 11) is 1.29. The maximum atomic E-state index is 12.8. The van der Waals surface area contributed by atoms with Crippen LogP contribution in [0.1, 0.15) is 24.5 Å². The molecule has 3 rings (SSSR count). The maximum absolute atomic E-state index is 12.8. The Bertz CT molecular complexity index is 895. The van der Waals surface area contributed by atoms with Gasteiger partial charge in [-0.1, -0.05) is 62.4 Å². The molecule has 1 amide bonds. The van der Waals surface area contributed by atoms with Crippen molar-refractivity contribution in [2.45, 2.75) is 19.9 Å². The molecule has 0 bridgehead atoms. The Morgan fingerprint density at radius 1 is 1.00 bits per heavy atom. The quantitative estimate of drug-likeness (QED) is 0.667. The van der Waals surface area contributed by atoms with E-state index in [4.69, 9.17) is 4.74 Å². The molecule has 1 unspecified atom stereocenters. The second-order valence-electron chi connectivity index (χ2n) is 6.59. The van der Waals surface area contributed by atoms with Gasteiger partial charge in [-0.05, 0) is 18.1 Å². The first-order chi connectivity index (χ1) is 13.5. The maximum Gasteiger partial charge on any atom is 0.328 e. The third-order valence-electron chi connectivity index (χ3n) is 4.25. The minimum Gasteiger partial charge on any atom is -0.467 e. The van der Waals surface area contributed by atoms with Gasteiger partial charge in [0.25, 0.3) is 5.91 Å². The number of rotatable bonds is 6. The molecule has 7 heteroatoms. The molecule has 1 N–H and O–H groups in total. The highest BCUT2D eigenvalue weighted by molar-refractivity contribution is 5.94. The van der Waals surface area contributed by atoms with Crippen LogP contribution >= 0.6 is 0 Å². The summed E-state index contributed by atoms with van der Waals surface area (Å²) in [6.07, 6.45) is 0. The summed E-state index contributed by atoms with van der Waals surface area (Å²) in [4.78, 5) is 29.1. The third kappa shape index (κ3) is 4.09. The van der Waals surface area contributed by atoms with E-state index in [1.807, 2.05) is 74.5 Å². The summed E-state index contributed by atoms with van der Waals surface area (Å²) in [5.41, 5.74) is 1.60. The molecule has 7 nitrogen and oxygen atoms in total. The zero-order chi connectivity index (χ0) is 20.1. The number of esters is 1. The summed E-state index contributed by atoms with van der Waals surface area (Å²) >= 11 is 0. The van der Waals surface area contributed by atoms with Gasteiger partial charge in [-0.3, -0.25) is 4.79 Å². The van der Waals surface area contributed by atoms with E-state index in [1.165, 1.54) is 7.11 Å². The Hall–Kier alpha value is -3.48. The summed E-state index contributed by atoms with van der Waals surface area (Å²) in [5.74, 6) is -0.653. The molecule has 0 aliphatic heterocycles. The van der Waals surface area contributed by atoms with Gasteiger partial charge in [-0.15, -0.1) is 5.10 Å². The molecule has 0 spiro atoms. The average molecular weight is 378 g/mol. The fourth-order valence-electron chi connectivity index (χ4n) is 2.76. The van der Waals surface area contributed by atoms with Gasteiger partial charge in [0.2, 0.25) is 5.82 Å². The van der Waals surface area contributed by atoms with Gasteiger partial charge in [0.1, 0.15) is 6.04 Å². The van der Waals surface area contributed by atoms with Crippen molar-refractivity contribution in [2.75, 3.05) is 7.11 Å². The molecule has 0 aliphatic rings. The second-order valence-corrected chi connectivity index (χ2v) is 6.59. The highest BCUT2D eigenvalue weighted by Crippen LogP contribution is 2.21. The lowest BCUT2D eigenvalue weighted by Crippen LogP contribution is -2.45. The van der Waals surface area contributed by atoms with Crippen LogP contribution in [0.25, 0.3) is 17.1 Å². The zero-order valence-electron chi connectivity index (χ0n) is 16.0. The van der Waals surface area contributed by atoms with Crippen molar-refractivity contribution in [3.05, 3.63) is 66.5 Å². The minimum absolute atomic E-state index is 0.0164. The number of ether oxygens (including phenoxy) is 1. The number of benzene rings is 2. The van der Waals surface area contributed by atoms with Crippen LogP contribution < -0.4 is 5.32 Å². The van der Waals surface area contributed by atoms with Crippen LogP contribution in [-0.4, -0.2) is 39.8 Å². The molecular weight excluding hydrogens is 356 g/mol. The normalized spacial score (nSPS) is 11.9. The number of carbonyl (C=O) groups is 2. The number of para-hydroxylation sites is 1. The molecule has 1 atom stereocenters. The zero-order valence-corrected chi connectivity index (χ0v) is 16.0. The molecule has 1 aromatic heterocycles. The molecular formula is C21H22N4O3. The van der Waals surface area contributed by atoms with Crippen LogP contribution in [0.2, 0.25) is 0 Å². The standard InChI is InChI=1S/C21H22N4O3/c1-14(2)17(21(27)28-3)22-20(26)18-23-19(15-10-6-4-7-11-15)25(24-18)16-12-8-5-9-13-16/h4-14,17H,1-3H3,(H,22,26). The lowest BCUT2D eigenvalue weighted by molar-refractivity contribution is -0.144. The molecule has 0 aliphatic carbocycles. The number of hydrogen-bond acceptors (Lipinski definition) is 5. The van der Waals surface area contributed by atoms with Gasteiger partial charge in [0.05, 0.1) is 12.8 Å². The van der Waals surface area contributed by atoms with Crippen LogP contribution in [0.15, 0.2) is 60.7 Å². The van der Waals surface area contributed by atoms with Gasteiger partial charge < -0.3 is 10.1 Å². The van der Waals surface area contributed by atoms with E-state index < -0.39 is 17.9 Å². The Labute approximate surface area is 163 Å². The average Bonchev–Trinajstić information content (AvgIpc) is 3.18. The minimum atomic E-state index is -0.777. The molecule has 28 heavy (non-hydrogen) atoms. The van der Waals surface area contributed by atoms with Crippen molar-refractivity contribution < 1.29 is 14.3 Å². The molecule has 0 fully saturated rings. The second kappa shape index (κ2) is 8.47. The number of aromatic nitrogens is 3. The SMILES string of the molecule is COC(=O)C(NC(=O)c1nc(-c2ccccc2)n(-c2ccccc2)n1)C(C)C. The van der Waals surface area contributed by atoms with Crippen molar-refractivity contribution >= 4 is 11.9 Å². The monoisotopic (exact) mass is 378 g/mol. The van der Waals surface area contributed by atoms with Crippen molar-refractivity contribution in [3.8, 4) is 17.1 Å². The summed E-state index contributed by atoms with van der Waals surface area (Å²) in [5, 5.41) is 7.07. The Morgan fingerprint density at radius 3 is 2.18 bits per heavy atom. The summed E-state index contributed by atoms with van der Waals surface area (Å²) in [6.45, 7) is 3.65. The lowest BCUT2D eigenvalue weighted by atomic mass is 10.0. The largest absolute Gasteiger partial charge is 0.467 e. The molecule has 0 radical (unpaired) electrons. The van der Waals surface area contributed by atoms with Gasteiger partial charge in [0.15, 0.2) is 5.82 Å². The Balaban J connectivity index is 1.99. The Morgan fingerprint density at radius 2 is 1.61 bits per heavy atom. The number of methoxy groups -OCH3 is 1. The van der Waals surface area contributed by atoms with E-state index in [0.29, 0.717) is 5.82 Å². The van der Waals surface area contributed by atoms with Crippen molar-refractivity contribution in [1.29, 1.82) is 0 Å². The summed E-state index contributed by atoms with van der Waals surface area (Å²) < 4.78 is 6.40. The number of amides is 1. The van der Waals surface area contributed by atoms with Gasteiger partial charge in [-0.25, -0.2) is 14.5 Å². The van der Waals surface area contributed by atoms with E-state index in [2.05, 4.69) is 15.4 Å². The van der Waals surface area contributed by atoms with Gasteiger partial charge >= 0.3 is 5.97 Å². The van der Waals surface area contributed by atoms with E-state index >= 15 is 0 Å². The van der Waals surface area contributed by atoms with Gasteiger partial charge in [-0.2, -0.15) is 0 Å². The predicted molar refractivity (Wildman–Crippen MR) is 105 cm³/mol. The molecule has 2 aromatic carbocycles. The first kappa shape index (κ1) is 19.3. The lowest BCUT2D eigenvalue weighted by Gasteiger charge is -2.18. The van der Waals surface area contributed by atoms with E-state index in [0.717, 1.165) is 11.3 Å². The first-order valence-electron chi connectivity index (χ1n) is 8.98. The molecule has 1 heterocycles. The fourth-order valence-corrected chi connectivity index (χ4v) is 2.76. The predicted octanol–water partition coefficient (Wildman–Crippen LogP) is 2.86. The van der Waals surface area contributed by atoms with Crippen LogP contribution in [0.4, 0.5) is 0 Å². The fraction of sp³-hybridized carbons (Fsp3) is 0.238. The third-order valence-corrected chi connectivity index (χ3v) is 4.25. The van der Waals surface area contributed by atoms with E-state index in [-0.39, 0.29) is 11.7 Å². The summed E-state index contributed by atoms with van der Waals surface area (Å²) in [6, 6.07) is 18.2. The topological polar surface area (TPSA) is 86.1 Å². The van der Waals surface area contributed by atoms with E-state index in [9.17, 15) is 9.59 Å². The van der Waals surface area contributed by atoms with Crippen molar-refractivity contribution in [2.24, 2.45) is 5.92 Å². The van der Waals surface area contributed by atoms with E-state index in [1.54, 1.807) is 4.68 Å². The number of nitrogens with zero attached hydrogens (tertiary/aromatic N) is 3. The number of hydrogen-bond donors (Lipinski definition) is 1. The van der Waals surface area contributed by atoms with Crippen LogP contribution in [0.5, 0.6) is 0 Å². The smallest absolute Gasteiger partial charge is 0.328 e. The molecule has 3 aromatic rings. The van der Waals surface area contributed by atoms with Crippen LogP contribution in [0.3, 0.4) is 0 Å². The molecule has 144 valence electrons. The highest BCUT2D eigenvalue weighted by atomic mass is 16.5. The van der Waals surface area contributed by atoms with Crippen molar-refractivity contribution in [1.82, 2.24) is 20.1 Å².